The third-order valence-corrected chi connectivity index (χ3v) is 4.91. The first kappa shape index (κ1) is 19.9. The molecule has 0 amide bonds. The predicted molar refractivity (Wildman–Crippen MR) is 122 cm³/mol. The van der Waals surface area contributed by atoms with Gasteiger partial charge in [0, 0.05) is 23.7 Å². The van der Waals surface area contributed by atoms with E-state index in [1.165, 1.54) is 6.07 Å². The smallest absolute Gasteiger partial charge is 0.251 e. The highest BCUT2D eigenvalue weighted by molar-refractivity contribution is 5.87. The summed E-state index contributed by atoms with van der Waals surface area (Å²) in [5.41, 5.74) is 2.29. The summed E-state index contributed by atoms with van der Waals surface area (Å²) in [4.78, 5) is 21.9. The standard InChI is InChI=1S/C25H25N3O2/c1-28(2)13-6-14-30-22-12-11-19-15-21(10-9-20(19)16-22)25-26-23(17-24(29)27-25)18-7-4-3-5-8-18/h3-5,7-12,15-17H,6,13-14H2,1-2H3,(H,26,27,29). The molecular formula is C25H25N3O2. The van der Waals surface area contributed by atoms with E-state index in [2.05, 4.69) is 29.0 Å². The Bertz CT molecular complexity index is 1200. The van der Waals surface area contributed by atoms with E-state index in [0.717, 1.165) is 40.6 Å². The molecule has 1 heterocycles. The predicted octanol–water partition coefficient (Wildman–Crippen LogP) is 4.59. The Kier molecular flexibility index (Phi) is 5.91. The van der Waals surface area contributed by atoms with Crippen molar-refractivity contribution in [1.29, 1.82) is 0 Å². The summed E-state index contributed by atoms with van der Waals surface area (Å²) in [7, 11) is 4.12. The highest BCUT2D eigenvalue weighted by Gasteiger charge is 2.07. The second kappa shape index (κ2) is 8.93. The summed E-state index contributed by atoms with van der Waals surface area (Å²) in [5, 5.41) is 2.16. The van der Waals surface area contributed by atoms with Gasteiger partial charge in [-0.2, -0.15) is 0 Å². The van der Waals surface area contributed by atoms with E-state index < -0.39 is 0 Å². The average molecular weight is 399 g/mol. The normalized spacial score (nSPS) is 11.2. The highest BCUT2D eigenvalue weighted by Crippen LogP contribution is 2.26. The minimum absolute atomic E-state index is 0.166. The summed E-state index contributed by atoms with van der Waals surface area (Å²) in [6.07, 6.45) is 0.987. The number of nitrogens with one attached hydrogen (secondary N) is 1. The fourth-order valence-electron chi connectivity index (χ4n) is 3.38. The molecule has 0 radical (unpaired) electrons. The Hall–Kier alpha value is -3.44. The van der Waals surface area contributed by atoms with Crippen LogP contribution in [-0.4, -0.2) is 42.1 Å². The molecule has 0 unspecified atom stereocenters. The lowest BCUT2D eigenvalue weighted by molar-refractivity contribution is 0.282. The lowest BCUT2D eigenvalue weighted by Crippen LogP contribution is -2.15. The van der Waals surface area contributed by atoms with Crippen molar-refractivity contribution in [3.8, 4) is 28.4 Å². The van der Waals surface area contributed by atoms with Crippen LogP contribution in [0, 0.1) is 0 Å². The Balaban J connectivity index is 1.59. The van der Waals surface area contributed by atoms with Gasteiger partial charge < -0.3 is 14.6 Å². The van der Waals surface area contributed by atoms with Crippen LogP contribution in [0.5, 0.6) is 5.75 Å². The zero-order valence-corrected chi connectivity index (χ0v) is 17.3. The second-order valence-electron chi connectivity index (χ2n) is 7.57. The summed E-state index contributed by atoms with van der Waals surface area (Å²) in [6.45, 7) is 1.70. The summed E-state index contributed by atoms with van der Waals surface area (Å²) in [5.74, 6) is 1.43. The van der Waals surface area contributed by atoms with Crippen molar-refractivity contribution >= 4 is 10.8 Å². The fraction of sp³-hybridized carbons (Fsp3) is 0.200. The number of rotatable bonds is 7. The van der Waals surface area contributed by atoms with E-state index in [0.29, 0.717) is 18.1 Å². The first-order valence-electron chi connectivity index (χ1n) is 10.1. The number of aromatic nitrogens is 2. The van der Waals surface area contributed by atoms with Gasteiger partial charge in [-0.05, 0) is 49.5 Å². The SMILES string of the molecule is CN(C)CCCOc1ccc2cc(-c3nc(-c4ccccc4)cc(=O)[nH]3)ccc2c1. The van der Waals surface area contributed by atoms with Gasteiger partial charge in [0.05, 0.1) is 12.3 Å². The van der Waals surface area contributed by atoms with Gasteiger partial charge in [0.25, 0.3) is 5.56 Å². The van der Waals surface area contributed by atoms with E-state index >= 15 is 0 Å². The molecule has 1 N–H and O–H groups in total. The van der Waals surface area contributed by atoms with Crippen LogP contribution in [-0.2, 0) is 0 Å². The Morgan fingerprint density at radius 3 is 2.47 bits per heavy atom. The Labute approximate surface area is 176 Å². The minimum atomic E-state index is -0.166. The molecule has 0 aliphatic heterocycles. The molecule has 0 fully saturated rings. The van der Waals surface area contributed by atoms with E-state index in [9.17, 15) is 4.79 Å². The number of benzene rings is 3. The van der Waals surface area contributed by atoms with Crippen molar-refractivity contribution in [2.45, 2.75) is 6.42 Å². The van der Waals surface area contributed by atoms with Gasteiger partial charge in [-0.1, -0.05) is 48.5 Å². The second-order valence-corrected chi connectivity index (χ2v) is 7.57. The molecule has 0 spiro atoms. The van der Waals surface area contributed by atoms with Gasteiger partial charge in [-0.15, -0.1) is 0 Å². The van der Waals surface area contributed by atoms with Gasteiger partial charge in [0.15, 0.2) is 0 Å². The van der Waals surface area contributed by atoms with Gasteiger partial charge in [0.1, 0.15) is 11.6 Å². The van der Waals surface area contributed by atoms with E-state index in [-0.39, 0.29) is 5.56 Å². The van der Waals surface area contributed by atoms with Crippen molar-refractivity contribution in [3.63, 3.8) is 0 Å². The lowest BCUT2D eigenvalue weighted by atomic mass is 10.1. The third-order valence-electron chi connectivity index (χ3n) is 4.91. The monoisotopic (exact) mass is 399 g/mol. The molecule has 0 atom stereocenters. The largest absolute Gasteiger partial charge is 0.494 e. The molecule has 4 aromatic rings. The zero-order valence-electron chi connectivity index (χ0n) is 17.3. The van der Waals surface area contributed by atoms with Crippen LogP contribution in [0.4, 0.5) is 0 Å². The van der Waals surface area contributed by atoms with Crippen molar-refractivity contribution in [2.24, 2.45) is 0 Å². The zero-order chi connectivity index (χ0) is 20.9. The summed E-state index contributed by atoms with van der Waals surface area (Å²) in [6, 6.07) is 23.4. The first-order chi connectivity index (χ1) is 14.6. The van der Waals surface area contributed by atoms with E-state index in [4.69, 9.17) is 4.74 Å². The fourth-order valence-corrected chi connectivity index (χ4v) is 3.38. The van der Waals surface area contributed by atoms with Crippen molar-refractivity contribution in [1.82, 2.24) is 14.9 Å². The maximum Gasteiger partial charge on any atom is 0.251 e. The van der Waals surface area contributed by atoms with Gasteiger partial charge >= 0.3 is 0 Å². The maximum atomic E-state index is 12.2. The number of fused-ring (bicyclic) bond motifs is 1. The third kappa shape index (κ3) is 4.75. The van der Waals surface area contributed by atoms with Gasteiger partial charge in [0.2, 0.25) is 0 Å². The molecule has 5 heteroatoms. The minimum Gasteiger partial charge on any atom is -0.494 e. The van der Waals surface area contributed by atoms with Crippen molar-refractivity contribution < 1.29 is 4.74 Å². The Morgan fingerprint density at radius 2 is 1.67 bits per heavy atom. The molecule has 0 aliphatic carbocycles. The lowest BCUT2D eigenvalue weighted by Gasteiger charge is -2.11. The number of hydrogen-bond donors (Lipinski definition) is 1. The van der Waals surface area contributed by atoms with Crippen LogP contribution >= 0.6 is 0 Å². The molecule has 0 saturated heterocycles. The molecular weight excluding hydrogens is 374 g/mol. The van der Waals surface area contributed by atoms with Gasteiger partial charge in [-0.25, -0.2) is 4.98 Å². The van der Waals surface area contributed by atoms with Gasteiger partial charge in [-0.3, -0.25) is 4.79 Å². The quantitative estimate of drug-likeness (QED) is 0.462. The van der Waals surface area contributed by atoms with Crippen LogP contribution in [0.1, 0.15) is 6.42 Å². The number of aromatic amines is 1. The van der Waals surface area contributed by atoms with Crippen LogP contribution in [0.3, 0.4) is 0 Å². The highest BCUT2D eigenvalue weighted by atomic mass is 16.5. The van der Waals surface area contributed by atoms with Crippen LogP contribution in [0.25, 0.3) is 33.4 Å². The Morgan fingerprint density at radius 1 is 0.900 bits per heavy atom. The molecule has 0 bridgehead atoms. The van der Waals surface area contributed by atoms with Crippen LogP contribution in [0.15, 0.2) is 77.6 Å². The van der Waals surface area contributed by atoms with Crippen molar-refractivity contribution in [3.05, 3.63) is 83.2 Å². The molecule has 0 aliphatic rings. The van der Waals surface area contributed by atoms with E-state index in [1.807, 2.05) is 66.7 Å². The number of H-pyrrole nitrogens is 1. The number of ether oxygens (including phenoxy) is 1. The number of hydrogen-bond acceptors (Lipinski definition) is 4. The molecule has 4 rings (SSSR count). The molecule has 1 aromatic heterocycles. The molecule has 5 nitrogen and oxygen atoms in total. The number of nitrogens with zero attached hydrogens (tertiary/aromatic N) is 2. The van der Waals surface area contributed by atoms with Crippen LogP contribution in [0.2, 0.25) is 0 Å². The average Bonchev–Trinajstić information content (AvgIpc) is 2.76. The van der Waals surface area contributed by atoms with Crippen molar-refractivity contribution in [2.75, 3.05) is 27.2 Å². The summed E-state index contributed by atoms with van der Waals surface area (Å²) < 4.78 is 5.87. The topological polar surface area (TPSA) is 58.2 Å². The molecule has 30 heavy (non-hydrogen) atoms. The van der Waals surface area contributed by atoms with E-state index in [1.54, 1.807) is 0 Å². The molecule has 3 aromatic carbocycles. The van der Waals surface area contributed by atoms with Crippen LogP contribution < -0.4 is 10.3 Å². The first-order valence-corrected chi connectivity index (χ1v) is 10.1. The maximum absolute atomic E-state index is 12.2. The molecule has 0 saturated carbocycles. The molecule has 152 valence electrons. The summed E-state index contributed by atoms with van der Waals surface area (Å²) >= 11 is 0.